The van der Waals surface area contributed by atoms with E-state index in [9.17, 15) is 0 Å². The van der Waals surface area contributed by atoms with Crippen molar-refractivity contribution >= 4 is 0 Å². The predicted molar refractivity (Wildman–Crippen MR) is 67.1 cm³/mol. The Bertz CT molecular complexity index is 203. The summed E-state index contributed by atoms with van der Waals surface area (Å²) in [7, 11) is 2.16. The van der Waals surface area contributed by atoms with Crippen LogP contribution in [0.2, 0.25) is 0 Å². The first kappa shape index (κ1) is 12.5. The van der Waals surface area contributed by atoms with Crippen LogP contribution in [-0.4, -0.2) is 38.1 Å². The van der Waals surface area contributed by atoms with Crippen molar-refractivity contribution in [2.24, 2.45) is 0 Å². The van der Waals surface area contributed by atoms with E-state index in [1.165, 1.54) is 49.9 Å². The molecule has 2 aliphatic rings. The molecular weight excluding hydrogens is 184 g/mol. The van der Waals surface area contributed by atoms with Crippen molar-refractivity contribution in [3.63, 3.8) is 0 Å². The van der Waals surface area contributed by atoms with Gasteiger partial charge in [0, 0.05) is 13.1 Å². The summed E-state index contributed by atoms with van der Waals surface area (Å²) in [6.45, 7) is 12.5. The van der Waals surface area contributed by atoms with Gasteiger partial charge in [0.25, 0.3) is 0 Å². The standard InChI is InChI=1S/C7H13N.C6H11N/c1-7-3-5-8(2)6-4-7;1-6-2-4-7-5-3-6/h1,3-6H2,2H3;7H,1-5H2. The fourth-order valence-corrected chi connectivity index (χ4v) is 1.72. The molecule has 2 heterocycles. The highest BCUT2D eigenvalue weighted by Crippen LogP contribution is 2.11. The van der Waals surface area contributed by atoms with Gasteiger partial charge in [0.2, 0.25) is 0 Å². The van der Waals surface area contributed by atoms with Crippen LogP contribution in [0.3, 0.4) is 0 Å². The average molecular weight is 208 g/mol. The zero-order chi connectivity index (χ0) is 11.1. The molecule has 2 aliphatic heterocycles. The minimum Gasteiger partial charge on any atom is -0.316 e. The molecule has 0 atom stereocenters. The molecule has 0 aromatic carbocycles. The molecule has 0 saturated carbocycles. The first-order valence-corrected chi connectivity index (χ1v) is 5.91. The number of nitrogens with zero attached hydrogens (tertiary/aromatic N) is 1. The summed E-state index contributed by atoms with van der Waals surface area (Å²) in [5.41, 5.74) is 2.82. The Balaban J connectivity index is 0.000000151. The van der Waals surface area contributed by atoms with E-state index in [1.807, 2.05) is 0 Å². The minimum absolute atomic E-state index is 1.14. The molecular formula is C13H24N2. The molecule has 86 valence electrons. The van der Waals surface area contributed by atoms with Gasteiger partial charge in [0.15, 0.2) is 0 Å². The second-order valence-electron chi connectivity index (χ2n) is 4.55. The number of rotatable bonds is 0. The highest BCUT2D eigenvalue weighted by molar-refractivity contribution is 4.98. The maximum Gasteiger partial charge on any atom is 0.00156 e. The van der Waals surface area contributed by atoms with E-state index in [2.05, 4.69) is 30.4 Å². The lowest BCUT2D eigenvalue weighted by Crippen LogP contribution is -2.25. The molecule has 1 N–H and O–H groups in total. The molecule has 0 bridgehead atoms. The Kier molecular flexibility index (Phi) is 5.66. The van der Waals surface area contributed by atoms with Crippen molar-refractivity contribution in [2.45, 2.75) is 25.7 Å². The van der Waals surface area contributed by atoms with Crippen molar-refractivity contribution < 1.29 is 0 Å². The largest absolute Gasteiger partial charge is 0.316 e. The molecule has 2 nitrogen and oxygen atoms in total. The van der Waals surface area contributed by atoms with Gasteiger partial charge in [-0.15, -0.1) is 0 Å². The number of hydrogen-bond donors (Lipinski definition) is 1. The van der Waals surface area contributed by atoms with Gasteiger partial charge in [-0.25, -0.2) is 0 Å². The third kappa shape index (κ3) is 5.75. The lowest BCUT2D eigenvalue weighted by atomic mass is 10.1. The van der Waals surface area contributed by atoms with Crippen molar-refractivity contribution in [1.82, 2.24) is 10.2 Å². The second kappa shape index (κ2) is 6.81. The monoisotopic (exact) mass is 208 g/mol. The second-order valence-corrected chi connectivity index (χ2v) is 4.55. The zero-order valence-electron chi connectivity index (χ0n) is 10.0. The van der Waals surface area contributed by atoms with Crippen LogP contribution in [0, 0.1) is 0 Å². The van der Waals surface area contributed by atoms with Crippen LogP contribution in [0.25, 0.3) is 0 Å². The van der Waals surface area contributed by atoms with Crippen molar-refractivity contribution in [2.75, 3.05) is 33.2 Å². The lowest BCUT2D eigenvalue weighted by molar-refractivity contribution is 0.313. The molecule has 0 aromatic rings. The van der Waals surface area contributed by atoms with E-state index >= 15 is 0 Å². The topological polar surface area (TPSA) is 15.3 Å². The Labute approximate surface area is 94.0 Å². The Morgan fingerprint density at radius 2 is 1.40 bits per heavy atom. The van der Waals surface area contributed by atoms with Crippen LogP contribution in [0.15, 0.2) is 24.3 Å². The van der Waals surface area contributed by atoms with Gasteiger partial charge in [0.05, 0.1) is 0 Å². The normalized spacial score (nSPS) is 23.3. The summed E-state index contributed by atoms with van der Waals surface area (Å²) in [4.78, 5) is 2.34. The van der Waals surface area contributed by atoms with E-state index in [0.717, 1.165) is 13.1 Å². The number of piperidine rings is 2. The van der Waals surface area contributed by atoms with Gasteiger partial charge < -0.3 is 10.2 Å². The lowest BCUT2D eigenvalue weighted by Gasteiger charge is -2.22. The highest BCUT2D eigenvalue weighted by Gasteiger charge is 2.06. The molecule has 2 saturated heterocycles. The SMILES string of the molecule is C=C1CCN(C)CC1.C=C1CCNCC1. The molecule has 0 aromatic heterocycles. The summed E-state index contributed by atoms with van der Waals surface area (Å²) in [5.74, 6) is 0. The maximum atomic E-state index is 3.92. The minimum atomic E-state index is 1.14. The molecule has 0 amide bonds. The van der Waals surface area contributed by atoms with Gasteiger partial charge in [-0.05, 0) is 45.8 Å². The molecule has 0 spiro atoms. The van der Waals surface area contributed by atoms with Crippen molar-refractivity contribution in [3.05, 3.63) is 24.3 Å². The van der Waals surface area contributed by atoms with Crippen LogP contribution in [0.4, 0.5) is 0 Å². The first-order chi connectivity index (χ1) is 7.18. The van der Waals surface area contributed by atoms with Gasteiger partial charge in [0.1, 0.15) is 0 Å². The van der Waals surface area contributed by atoms with E-state index < -0.39 is 0 Å². The Hall–Kier alpha value is -0.600. The fourth-order valence-electron chi connectivity index (χ4n) is 1.72. The van der Waals surface area contributed by atoms with Crippen LogP contribution >= 0.6 is 0 Å². The van der Waals surface area contributed by atoms with Gasteiger partial charge in [-0.3, -0.25) is 0 Å². The number of likely N-dealkylation sites (tertiary alicyclic amines) is 1. The molecule has 2 heteroatoms. The third-order valence-corrected chi connectivity index (χ3v) is 3.00. The van der Waals surface area contributed by atoms with E-state index in [1.54, 1.807) is 0 Å². The van der Waals surface area contributed by atoms with E-state index in [-0.39, 0.29) is 0 Å². The van der Waals surface area contributed by atoms with Crippen LogP contribution in [0.1, 0.15) is 25.7 Å². The summed E-state index contributed by atoms with van der Waals surface area (Å²) >= 11 is 0. The van der Waals surface area contributed by atoms with Crippen LogP contribution < -0.4 is 5.32 Å². The van der Waals surface area contributed by atoms with Gasteiger partial charge >= 0.3 is 0 Å². The Morgan fingerprint density at radius 1 is 0.933 bits per heavy atom. The van der Waals surface area contributed by atoms with Gasteiger partial charge in [-0.2, -0.15) is 0 Å². The molecule has 0 radical (unpaired) electrons. The summed E-state index contributed by atoms with van der Waals surface area (Å²) in [5, 5.41) is 3.25. The molecule has 2 fully saturated rings. The summed E-state index contributed by atoms with van der Waals surface area (Å²) < 4.78 is 0. The molecule has 15 heavy (non-hydrogen) atoms. The number of hydrogen-bond acceptors (Lipinski definition) is 2. The van der Waals surface area contributed by atoms with Crippen LogP contribution in [0.5, 0.6) is 0 Å². The molecule has 2 rings (SSSR count). The van der Waals surface area contributed by atoms with Crippen LogP contribution in [-0.2, 0) is 0 Å². The molecule has 0 aliphatic carbocycles. The van der Waals surface area contributed by atoms with E-state index in [4.69, 9.17) is 0 Å². The summed E-state index contributed by atoms with van der Waals surface area (Å²) in [6.07, 6.45) is 4.77. The predicted octanol–water partition coefficient (Wildman–Crippen LogP) is 2.19. The quantitative estimate of drug-likeness (QED) is 0.614. The fraction of sp³-hybridized carbons (Fsp3) is 0.692. The Morgan fingerprint density at radius 3 is 1.73 bits per heavy atom. The smallest absolute Gasteiger partial charge is 0.00156 e. The van der Waals surface area contributed by atoms with Crippen molar-refractivity contribution in [1.29, 1.82) is 0 Å². The van der Waals surface area contributed by atoms with E-state index in [0.29, 0.717) is 0 Å². The molecule has 0 unspecified atom stereocenters. The zero-order valence-corrected chi connectivity index (χ0v) is 10.0. The van der Waals surface area contributed by atoms with Gasteiger partial charge in [-0.1, -0.05) is 24.3 Å². The number of nitrogens with one attached hydrogen (secondary N) is 1. The average Bonchev–Trinajstić information content (AvgIpc) is 2.25. The summed E-state index contributed by atoms with van der Waals surface area (Å²) in [6, 6.07) is 0. The third-order valence-electron chi connectivity index (χ3n) is 3.00. The first-order valence-electron chi connectivity index (χ1n) is 5.91. The highest BCUT2D eigenvalue weighted by atomic mass is 15.1. The van der Waals surface area contributed by atoms with Crippen molar-refractivity contribution in [3.8, 4) is 0 Å². The maximum absolute atomic E-state index is 3.92.